The molecule has 8 heteroatoms. The van der Waals surface area contributed by atoms with E-state index in [9.17, 15) is 13.2 Å². The second-order valence-electron chi connectivity index (χ2n) is 7.83. The molecule has 1 aromatic rings. The lowest BCUT2D eigenvalue weighted by molar-refractivity contribution is -0.137. The van der Waals surface area contributed by atoms with Gasteiger partial charge in [-0.25, -0.2) is 13.4 Å². The molecule has 1 aromatic heterocycles. The van der Waals surface area contributed by atoms with Crippen molar-refractivity contribution in [2.24, 2.45) is 5.92 Å². The van der Waals surface area contributed by atoms with Crippen LogP contribution in [0.5, 0.6) is 0 Å². The van der Waals surface area contributed by atoms with Gasteiger partial charge < -0.3 is 14.4 Å². The molecule has 0 saturated carbocycles. The first-order chi connectivity index (χ1) is 12.4. The molecule has 0 bridgehead atoms. The minimum Gasteiger partial charge on any atom is -0.342 e. The summed E-state index contributed by atoms with van der Waals surface area (Å²) in [6.07, 6.45) is 6.83. The number of hydrogen-bond acceptors (Lipinski definition) is 5. The van der Waals surface area contributed by atoms with Crippen molar-refractivity contribution in [1.82, 2.24) is 19.4 Å². The molecule has 0 aliphatic carbocycles. The van der Waals surface area contributed by atoms with Crippen LogP contribution in [0.2, 0.25) is 0 Å². The SMILES string of the molecule is CN(C)CCn1ccnc1[C@@H]1CCCN(C(=O)C2CCS(=O)(=O)CC2)C1. The smallest absolute Gasteiger partial charge is 0.225 e. The highest BCUT2D eigenvalue weighted by atomic mass is 32.2. The fraction of sp³-hybridized carbons (Fsp3) is 0.778. The quantitative estimate of drug-likeness (QED) is 0.759. The largest absolute Gasteiger partial charge is 0.342 e. The summed E-state index contributed by atoms with van der Waals surface area (Å²) in [6.45, 7) is 3.32. The van der Waals surface area contributed by atoms with Gasteiger partial charge in [0.05, 0.1) is 11.5 Å². The van der Waals surface area contributed by atoms with E-state index in [0.29, 0.717) is 19.4 Å². The van der Waals surface area contributed by atoms with Crippen molar-refractivity contribution in [3.63, 3.8) is 0 Å². The van der Waals surface area contributed by atoms with Crippen LogP contribution in [-0.4, -0.2) is 78.9 Å². The minimum atomic E-state index is -2.93. The third-order valence-corrected chi connectivity index (χ3v) is 7.25. The van der Waals surface area contributed by atoms with E-state index in [-0.39, 0.29) is 29.2 Å². The Kier molecular flexibility index (Phi) is 6.02. The van der Waals surface area contributed by atoms with Crippen molar-refractivity contribution < 1.29 is 13.2 Å². The number of carbonyl (C=O) groups is 1. The van der Waals surface area contributed by atoms with Gasteiger partial charge >= 0.3 is 0 Å². The van der Waals surface area contributed by atoms with Gasteiger partial charge in [-0.05, 0) is 39.8 Å². The minimum absolute atomic E-state index is 0.134. The predicted molar refractivity (Wildman–Crippen MR) is 101 cm³/mol. The van der Waals surface area contributed by atoms with Crippen LogP contribution in [0.25, 0.3) is 0 Å². The maximum atomic E-state index is 12.9. The lowest BCUT2D eigenvalue weighted by Gasteiger charge is -2.35. The van der Waals surface area contributed by atoms with Gasteiger partial charge in [0.25, 0.3) is 0 Å². The number of rotatable bonds is 5. The molecule has 2 aliphatic heterocycles. The van der Waals surface area contributed by atoms with Crippen molar-refractivity contribution >= 4 is 15.7 Å². The molecule has 3 rings (SSSR count). The Bertz CT molecular complexity index is 715. The topological polar surface area (TPSA) is 75.5 Å². The summed E-state index contributed by atoms with van der Waals surface area (Å²) in [6, 6.07) is 0. The standard InChI is InChI=1S/C18H30N4O3S/c1-20(2)10-11-21-9-7-19-17(21)16-4-3-8-22(14-16)18(23)15-5-12-26(24,25)13-6-15/h7,9,15-16H,3-6,8,10-14H2,1-2H3/t16-/m1/s1. The predicted octanol–water partition coefficient (Wildman–Crippen LogP) is 0.976. The zero-order valence-electron chi connectivity index (χ0n) is 15.8. The summed E-state index contributed by atoms with van der Waals surface area (Å²) in [5.74, 6) is 1.63. The molecular formula is C18H30N4O3S. The molecule has 0 spiro atoms. The van der Waals surface area contributed by atoms with E-state index in [1.807, 2.05) is 17.3 Å². The molecular weight excluding hydrogens is 352 g/mol. The van der Waals surface area contributed by atoms with Crippen LogP contribution in [0.1, 0.15) is 37.4 Å². The monoisotopic (exact) mass is 382 g/mol. The first-order valence-electron chi connectivity index (χ1n) is 9.51. The lowest BCUT2D eigenvalue weighted by Crippen LogP contribution is -2.44. The number of carbonyl (C=O) groups excluding carboxylic acids is 1. The number of sulfone groups is 1. The highest BCUT2D eigenvalue weighted by molar-refractivity contribution is 7.91. The van der Waals surface area contributed by atoms with Crippen molar-refractivity contribution in [3.8, 4) is 0 Å². The van der Waals surface area contributed by atoms with E-state index in [4.69, 9.17) is 0 Å². The van der Waals surface area contributed by atoms with E-state index in [1.165, 1.54) is 0 Å². The number of imidazole rings is 1. The Morgan fingerprint density at radius 3 is 2.69 bits per heavy atom. The molecule has 0 radical (unpaired) electrons. The fourth-order valence-electron chi connectivity index (χ4n) is 3.96. The molecule has 3 heterocycles. The molecule has 1 atom stereocenters. The zero-order valence-corrected chi connectivity index (χ0v) is 16.6. The van der Waals surface area contributed by atoms with Crippen molar-refractivity contribution in [1.29, 1.82) is 0 Å². The second-order valence-corrected chi connectivity index (χ2v) is 10.1. The van der Waals surface area contributed by atoms with Gasteiger partial charge in [0.15, 0.2) is 0 Å². The second kappa shape index (κ2) is 8.08. The van der Waals surface area contributed by atoms with Crippen LogP contribution in [0.4, 0.5) is 0 Å². The number of piperidine rings is 1. The molecule has 2 aliphatic rings. The number of aromatic nitrogens is 2. The van der Waals surface area contributed by atoms with Crippen LogP contribution in [0.15, 0.2) is 12.4 Å². The van der Waals surface area contributed by atoms with Crippen LogP contribution < -0.4 is 0 Å². The summed E-state index contributed by atoms with van der Waals surface area (Å²) in [5, 5.41) is 0. The van der Waals surface area contributed by atoms with Gasteiger partial charge in [-0.2, -0.15) is 0 Å². The fourth-order valence-corrected chi connectivity index (χ4v) is 5.45. The van der Waals surface area contributed by atoms with E-state index in [2.05, 4.69) is 28.5 Å². The Balaban J connectivity index is 1.63. The van der Waals surface area contributed by atoms with Gasteiger partial charge in [-0.3, -0.25) is 4.79 Å². The maximum Gasteiger partial charge on any atom is 0.225 e. The van der Waals surface area contributed by atoms with E-state index in [1.54, 1.807) is 0 Å². The van der Waals surface area contributed by atoms with Crippen LogP contribution in [0, 0.1) is 5.92 Å². The van der Waals surface area contributed by atoms with Crippen molar-refractivity contribution in [3.05, 3.63) is 18.2 Å². The third-order valence-electron chi connectivity index (χ3n) is 5.54. The Morgan fingerprint density at radius 1 is 1.27 bits per heavy atom. The average Bonchev–Trinajstić information content (AvgIpc) is 3.08. The highest BCUT2D eigenvalue weighted by Crippen LogP contribution is 2.29. The molecule has 2 fully saturated rings. The first-order valence-corrected chi connectivity index (χ1v) is 11.3. The van der Waals surface area contributed by atoms with Crippen LogP contribution in [-0.2, 0) is 21.2 Å². The van der Waals surface area contributed by atoms with Gasteiger partial charge in [0.2, 0.25) is 5.91 Å². The summed E-state index contributed by atoms with van der Waals surface area (Å²) >= 11 is 0. The molecule has 146 valence electrons. The van der Waals surface area contributed by atoms with E-state index in [0.717, 1.165) is 38.3 Å². The number of nitrogens with zero attached hydrogens (tertiary/aromatic N) is 4. The Labute approximate surface area is 156 Å². The average molecular weight is 383 g/mol. The van der Waals surface area contributed by atoms with Crippen molar-refractivity contribution in [2.45, 2.75) is 38.1 Å². The molecule has 2 saturated heterocycles. The summed E-state index contributed by atoms with van der Waals surface area (Å²) < 4.78 is 25.4. The molecule has 7 nitrogen and oxygen atoms in total. The molecule has 1 amide bonds. The van der Waals surface area contributed by atoms with Gasteiger partial charge in [-0.1, -0.05) is 0 Å². The van der Waals surface area contributed by atoms with Gasteiger partial charge in [-0.15, -0.1) is 0 Å². The number of likely N-dealkylation sites (N-methyl/N-ethyl adjacent to an activating group) is 1. The lowest BCUT2D eigenvalue weighted by atomic mass is 9.94. The third kappa shape index (κ3) is 4.65. The summed E-state index contributed by atoms with van der Waals surface area (Å²) in [7, 11) is 1.18. The molecule has 0 N–H and O–H groups in total. The first kappa shape index (κ1) is 19.4. The molecule has 0 aromatic carbocycles. The van der Waals surface area contributed by atoms with E-state index < -0.39 is 9.84 Å². The summed E-state index contributed by atoms with van der Waals surface area (Å²) in [4.78, 5) is 21.5. The maximum absolute atomic E-state index is 12.9. The Morgan fingerprint density at radius 2 is 2.00 bits per heavy atom. The molecule has 26 heavy (non-hydrogen) atoms. The molecule has 0 unspecified atom stereocenters. The normalized spacial score (nSPS) is 24.1. The van der Waals surface area contributed by atoms with E-state index >= 15 is 0 Å². The highest BCUT2D eigenvalue weighted by Gasteiger charge is 2.34. The van der Waals surface area contributed by atoms with Crippen LogP contribution >= 0.6 is 0 Å². The van der Waals surface area contributed by atoms with Gasteiger partial charge in [0.1, 0.15) is 15.7 Å². The Hall–Kier alpha value is -1.41. The number of likely N-dealkylation sites (tertiary alicyclic amines) is 1. The van der Waals surface area contributed by atoms with Crippen molar-refractivity contribution in [2.75, 3.05) is 45.2 Å². The van der Waals surface area contributed by atoms with Gasteiger partial charge in [0, 0.05) is 50.4 Å². The number of amides is 1. The summed E-state index contributed by atoms with van der Waals surface area (Å²) in [5.41, 5.74) is 0. The number of hydrogen-bond donors (Lipinski definition) is 0. The zero-order chi connectivity index (χ0) is 18.7. The van der Waals surface area contributed by atoms with Crippen LogP contribution in [0.3, 0.4) is 0 Å².